The molecule has 0 aromatic heterocycles. The van der Waals surface area contributed by atoms with Gasteiger partial charge in [0.25, 0.3) is 5.91 Å². The Morgan fingerprint density at radius 3 is 2.52 bits per heavy atom. The first-order valence-corrected chi connectivity index (χ1v) is 8.60. The standard InChI is InChI=1S/C21H19NO5/c1-2-26-21(25)27-18-11-7-6-10-16(18)12-17-14-22(20(24)19(17)23)13-15-8-4-3-5-9-15/h3-12H,2,13-14H2,1H3. The molecule has 0 spiro atoms. The van der Waals surface area contributed by atoms with Crippen molar-refractivity contribution in [3.05, 3.63) is 71.3 Å². The fraction of sp³-hybridized carbons (Fsp3) is 0.190. The highest BCUT2D eigenvalue weighted by Gasteiger charge is 2.34. The number of carbonyl (C=O) groups excluding carboxylic acids is 3. The molecular formula is C21H19NO5. The van der Waals surface area contributed by atoms with Gasteiger partial charge in [0.1, 0.15) is 5.75 Å². The summed E-state index contributed by atoms with van der Waals surface area (Å²) in [5, 5.41) is 0. The molecule has 1 aliphatic rings. The van der Waals surface area contributed by atoms with E-state index in [1.807, 2.05) is 30.3 Å². The quantitative estimate of drug-likeness (QED) is 0.352. The maximum Gasteiger partial charge on any atom is 0.513 e. The van der Waals surface area contributed by atoms with Crippen LogP contribution in [0.2, 0.25) is 0 Å². The fourth-order valence-corrected chi connectivity index (χ4v) is 2.79. The van der Waals surface area contributed by atoms with Crippen molar-refractivity contribution in [1.82, 2.24) is 4.90 Å². The van der Waals surface area contributed by atoms with Crippen molar-refractivity contribution in [2.24, 2.45) is 0 Å². The van der Waals surface area contributed by atoms with Gasteiger partial charge >= 0.3 is 6.16 Å². The van der Waals surface area contributed by atoms with E-state index >= 15 is 0 Å². The molecule has 1 amide bonds. The number of hydrogen-bond donors (Lipinski definition) is 0. The Hall–Kier alpha value is -3.41. The Morgan fingerprint density at radius 2 is 1.78 bits per heavy atom. The van der Waals surface area contributed by atoms with E-state index in [1.54, 1.807) is 37.3 Å². The monoisotopic (exact) mass is 365 g/mol. The summed E-state index contributed by atoms with van der Waals surface area (Å²) in [6.07, 6.45) is 0.766. The van der Waals surface area contributed by atoms with Crippen LogP contribution < -0.4 is 4.74 Å². The molecule has 0 N–H and O–H groups in total. The largest absolute Gasteiger partial charge is 0.513 e. The van der Waals surface area contributed by atoms with Crippen molar-refractivity contribution in [1.29, 1.82) is 0 Å². The molecule has 0 radical (unpaired) electrons. The number of rotatable bonds is 5. The number of para-hydroxylation sites is 1. The molecular weight excluding hydrogens is 346 g/mol. The van der Waals surface area contributed by atoms with Crippen LogP contribution in [-0.4, -0.2) is 35.9 Å². The summed E-state index contributed by atoms with van der Waals surface area (Å²) in [7, 11) is 0. The zero-order chi connectivity index (χ0) is 19.2. The van der Waals surface area contributed by atoms with Gasteiger partial charge in [-0.1, -0.05) is 48.5 Å². The number of carbonyl (C=O) groups is 3. The predicted octanol–water partition coefficient (Wildman–Crippen LogP) is 3.22. The number of ether oxygens (including phenoxy) is 2. The molecule has 138 valence electrons. The van der Waals surface area contributed by atoms with Gasteiger partial charge in [0.05, 0.1) is 13.2 Å². The maximum absolute atomic E-state index is 12.4. The second-order valence-electron chi connectivity index (χ2n) is 5.97. The van der Waals surface area contributed by atoms with Gasteiger partial charge < -0.3 is 14.4 Å². The average Bonchev–Trinajstić information content (AvgIpc) is 2.92. The molecule has 6 nitrogen and oxygen atoms in total. The summed E-state index contributed by atoms with van der Waals surface area (Å²) in [5.41, 5.74) is 1.84. The molecule has 6 heteroatoms. The Labute approximate surface area is 157 Å². The van der Waals surface area contributed by atoms with E-state index in [-0.39, 0.29) is 18.9 Å². The highest BCUT2D eigenvalue weighted by atomic mass is 16.7. The van der Waals surface area contributed by atoms with Crippen LogP contribution in [0.3, 0.4) is 0 Å². The molecule has 0 aliphatic carbocycles. The molecule has 1 aliphatic heterocycles. The van der Waals surface area contributed by atoms with Gasteiger partial charge in [-0.2, -0.15) is 0 Å². The molecule has 1 fully saturated rings. The number of hydrogen-bond acceptors (Lipinski definition) is 5. The zero-order valence-corrected chi connectivity index (χ0v) is 14.9. The Kier molecular flexibility index (Phi) is 5.66. The first-order chi connectivity index (χ1) is 13.1. The van der Waals surface area contributed by atoms with Crippen LogP contribution in [0.5, 0.6) is 5.75 Å². The molecule has 3 rings (SSSR count). The summed E-state index contributed by atoms with van der Waals surface area (Å²) >= 11 is 0. The lowest BCUT2D eigenvalue weighted by Gasteiger charge is -2.14. The second-order valence-corrected chi connectivity index (χ2v) is 5.97. The molecule has 1 heterocycles. The van der Waals surface area contributed by atoms with E-state index in [0.29, 0.717) is 17.7 Å². The minimum Gasteiger partial charge on any atom is -0.434 e. The molecule has 2 aromatic rings. The van der Waals surface area contributed by atoms with Crippen LogP contribution in [0.1, 0.15) is 18.1 Å². The smallest absolute Gasteiger partial charge is 0.434 e. The molecule has 1 saturated heterocycles. The number of ketones is 1. The molecule has 2 aromatic carbocycles. The molecule has 0 bridgehead atoms. The first kappa shape index (κ1) is 18.4. The zero-order valence-electron chi connectivity index (χ0n) is 14.9. The van der Waals surface area contributed by atoms with Crippen LogP contribution in [-0.2, 0) is 20.9 Å². The van der Waals surface area contributed by atoms with Gasteiger partial charge in [-0.3, -0.25) is 9.59 Å². The van der Waals surface area contributed by atoms with Gasteiger partial charge in [-0.05, 0) is 24.6 Å². The summed E-state index contributed by atoms with van der Waals surface area (Å²) in [6, 6.07) is 16.3. The third-order valence-corrected chi connectivity index (χ3v) is 4.05. The van der Waals surface area contributed by atoms with E-state index in [4.69, 9.17) is 9.47 Å². The Balaban J connectivity index is 1.80. The van der Waals surface area contributed by atoms with Gasteiger partial charge in [0.15, 0.2) is 0 Å². The highest BCUT2D eigenvalue weighted by molar-refractivity contribution is 6.45. The summed E-state index contributed by atoms with van der Waals surface area (Å²) in [4.78, 5) is 37.7. The van der Waals surface area contributed by atoms with E-state index in [9.17, 15) is 14.4 Å². The van der Waals surface area contributed by atoms with Crippen molar-refractivity contribution < 1.29 is 23.9 Å². The SMILES string of the molecule is CCOC(=O)Oc1ccccc1C=C1CN(Cc2ccccc2)C(=O)C1=O. The number of benzene rings is 2. The normalized spacial score (nSPS) is 15.3. The van der Waals surface area contributed by atoms with Gasteiger partial charge in [0.2, 0.25) is 5.78 Å². The van der Waals surface area contributed by atoms with E-state index in [1.165, 1.54) is 4.90 Å². The van der Waals surface area contributed by atoms with Crippen molar-refractivity contribution in [2.75, 3.05) is 13.2 Å². The van der Waals surface area contributed by atoms with Gasteiger partial charge in [-0.15, -0.1) is 0 Å². The predicted molar refractivity (Wildman–Crippen MR) is 98.9 cm³/mol. The van der Waals surface area contributed by atoms with Gasteiger partial charge in [0, 0.05) is 17.7 Å². The Bertz CT molecular complexity index is 888. The average molecular weight is 365 g/mol. The lowest BCUT2D eigenvalue weighted by molar-refractivity contribution is -0.139. The lowest BCUT2D eigenvalue weighted by Crippen LogP contribution is -2.26. The maximum atomic E-state index is 12.4. The van der Waals surface area contributed by atoms with Crippen molar-refractivity contribution in [3.8, 4) is 5.75 Å². The topological polar surface area (TPSA) is 72.9 Å². The third-order valence-electron chi connectivity index (χ3n) is 4.05. The van der Waals surface area contributed by atoms with Crippen LogP contribution in [0.4, 0.5) is 4.79 Å². The molecule has 0 atom stereocenters. The number of amides is 1. The van der Waals surface area contributed by atoms with Crippen molar-refractivity contribution >= 4 is 23.9 Å². The number of nitrogens with zero attached hydrogens (tertiary/aromatic N) is 1. The number of likely N-dealkylation sites (tertiary alicyclic amines) is 1. The van der Waals surface area contributed by atoms with Crippen molar-refractivity contribution in [2.45, 2.75) is 13.5 Å². The van der Waals surface area contributed by atoms with Gasteiger partial charge in [-0.25, -0.2) is 4.79 Å². The Morgan fingerprint density at radius 1 is 1.07 bits per heavy atom. The molecule has 0 saturated carbocycles. The summed E-state index contributed by atoms with van der Waals surface area (Å²) in [5.74, 6) is -0.809. The fourth-order valence-electron chi connectivity index (χ4n) is 2.79. The van der Waals surface area contributed by atoms with E-state index < -0.39 is 17.8 Å². The van der Waals surface area contributed by atoms with Crippen LogP contribution >= 0.6 is 0 Å². The van der Waals surface area contributed by atoms with Crippen LogP contribution in [0.15, 0.2) is 60.2 Å². The van der Waals surface area contributed by atoms with Crippen molar-refractivity contribution in [3.63, 3.8) is 0 Å². The van der Waals surface area contributed by atoms with E-state index in [0.717, 1.165) is 5.56 Å². The van der Waals surface area contributed by atoms with Crippen LogP contribution in [0, 0.1) is 0 Å². The second kappa shape index (κ2) is 8.31. The minimum atomic E-state index is -0.817. The molecule has 27 heavy (non-hydrogen) atoms. The first-order valence-electron chi connectivity index (χ1n) is 8.60. The van der Waals surface area contributed by atoms with E-state index in [2.05, 4.69) is 0 Å². The minimum absolute atomic E-state index is 0.198. The summed E-state index contributed by atoms with van der Waals surface area (Å²) in [6.45, 7) is 2.45. The number of Topliss-reactive ketones (excluding diaryl/α,β-unsaturated/α-hetero) is 1. The van der Waals surface area contributed by atoms with Crippen LogP contribution in [0.25, 0.3) is 6.08 Å². The highest BCUT2D eigenvalue weighted by Crippen LogP contribution is 2.25. The lowest BCUT2D eigenvalue weighted by atomic mass is 10.1. The molecule has 0 unspecified atom stereocenters. The summed E-state index contributed by atoms with van der Waals surface area (Å²) < 4.78 is 9.95. The third kappa shape index (κ3) is 4.41.